The highest BCUT2D eigenvalue weighted by Gasteiger charge is 2.47. The van der Waals surface area contributed by atoms with Gasteiger partial charge in [0.2, 0.25) is 0 Å². The van der Waals surface area contributed by atoms with E-state index in [0.717, 1.165) is 38.8 Å². The van der Waals surface area contributed by atoms with Crippen molar-refractivity contribution in [3.8, 4) is 0 Å². The highest BCUT2D eigenvalue weighted by atomic mass is 16.6. The Morgan fingerprint density at radius 1 is 1.36 bits per heavy atom. The molecule has 3 unspecified atom stereocenters. The number of piperidine rings is 1. The number of aliphatic hydroxyl groups excluding tert-OH is 1. The third-order valence-electron chi connectivity index (χ3n) is 5.07. The number of carbonyl (C=O) groups excluding carboxylic acids is 1. The van der Waals surface area contributed by atoms with Crippen molar-refractivity contribution in [2.24, 2.45) is 5.41 Å². The van der Waals surface area contributed by atoms with Gasteiger partial charge < -0.3 is 20.1 Å². The van der Waals surface area contributed by atoms with Gasteiger partial charge in [-0.2, -0.15) is 0 Å². The van der Waals surface area contributed by atoms with Crippen LogP contribution in [0.1, 0.15) is 60.3 Å². The summed E-state index contributed by atoms with van der Waals surface area (Å²) in [5.41, 5.74) is -0.530. The fourth-order valence-corrected chi connectivity index (χ4v) is 3.30. The van der Waals surface area contributed by atoms with Gasteiger partial charge in [0.05, 0.1) is 6.10 Å². The normalized spacial score (nSPS) is 31.5. The lowest BCUT2D eigenvalue weighted by Gasteiger charge is -2.50. The van der Waals surface area contributed by atoms with Crippen LogP contribution in [0.5, 0.6) is 0 Å². The van der Waals surface area contributed by atoms with Crippen LogP contribution < -0.4 is 5.32 Å². The molecule has 22 heavy (non-hydrogen) atoms. The lowest BCUT2D eigenvalue weighted by molar-refractivity contribution is -0.0745. The van der Waals surface area contributed by atoms with E-state index in [0.29, 0.717) is 6.04 Å². The summed E-state index contributed by atoms with van der Waals surface area (Å²) in [7, 11) is 0. The maximum Gasteiger partial charge on any atom is 0.410 e. The predicted molar refractivity (Wildman–Crippen MR) is 86.8 cm³/mol. The molecule has 1 amide bonds. The molecule has 0 bridgehead atoms. The summed E-state index contributed by atoms with van der Waals surface area (Å²) in [6.45, 7) is 11.4. The average Bonchev–Trinajstić information content (AvgIpc) is 2.41. The van der Waals surface area contributed by atoms with E-state index in [1.165, 1.54) is 0 Å². The topological polar surface area (TPSA) is 61.8 Å². The number of carbonyl (C=O) groups is 1. The molecule has 1 saturated carbocycles. The number of amides is 1. The lowest BCUT2D eigenvalue weighted by atomic mass is 9.64. The van der Waals surface area contributed by atoms with E-state index in [9.17, 15) is 9.90 Å². The highest BCUT2D eigenvalue weighted by Crippen LogP contribution is 2.40. The third-order valence-corrected chi connectivity index (χ3v) is 5.07. The number of nitrogens with zero attached hydrogens (tertiary/aromatic N) is 1. The standard InChI is InChI=1S/C17H32N2O3/c1-16(2,3)22-15(21)19-9-7-6-8-12(19)11-18-13-10-14(20)17(13,4)5/h12-14,18,20H,6-11H2,1-5H3. The molecular weight excluding hydrogens is 280 g/mol. The summed E-state index contributed by atoms with van der Waals surface area (Å²) in [5, 5.41) is 13.4. The molecule has 0 spiro atoms. The van der Waals surface area contributed by atoms with E-state index in [4.69, 9.17) is 4.74 Å². The number of aliphatic hydroxyl groups is 1. The largest absolute Gasteiger partial charge is 0.444 e. The number of hydrogen-bond donors (Lipinski definition) is 2. The SMILES string of the molecule is CC(C)(C)OC(=O)N1CCCCC1CNC1CC(O)C1(C)C. The van der Waals surface area contributed by atoms with E-state index in [1.54, 1.807) is 0 Å². The zero-order chi connectivity index (χ0) is 16.5. The first-order valence-electron chi connectivity index (χ1n) is 8.52. The molecule has 2 fully saturated rings. The minimum atomic E-state index is -0.452. The summed E-state index contributed by atoms with van der Waals surface area (Å²) >= 11 is 0. The van der Waals surface area contributed by atoms with Crippen molar-refractivity contribution in [2.75, 3.05) is 13.1 Å². The molecule has 2 aliphatic rings. The van der Waals surface area contributed by atoms with Gasteiger partial charge >= 0.3 is 6.09 Å². The minimum absolute atomic E-state index is 0.0780. The van der Waals surface area contributed by atoms with Crippen molar-refractivity contribution in [2.45, 2.75) is 84.1 Å². The van der Waals surface area contributed by atoms with Gasteiger partial charge in [0.15, 0.2) is 0 Å². The van der Waals surface area contributed by atoms with E-state index in [2.05, 4.69) is 19.2 Å². The van der Waals surface area contributed by atoms with E-state index >= 15 is 0 Å². The Morgan fingerprint density at radius 2 is 2.05 bits per heavy atom. The summed E-state index contributed by atoms with van der Waals surface area (Å²) in [5.74, 6) is 0. The molecule has 0 radical (unpaired) electrons. The predicted octanol–water partition coefficient (Wildman–Crippen LogP) is 2.53. The fourth-order valence-electron chi connectivity index (χ4n) is 3.30. The van der Waals surface area contributed by atoms with Gasteiger partial charge in [0.1, 0.15) is 5.60 Å². The molecule has 1 heterocycles. The van der Waals surface area contributed by atoms with Crippen LogP contribution in [0.2, 0.25) is 0 Å². The van der Waals surface area contributed by atoms with Crippen LogP contribution in [0, 0.1) is 5.41 Å². The van der Waals surface area contributed by atoms with Crippen LogP contribution in [0.15, 0.2) is 0 Å². The molecule has 1 saturated heterocycles. The van der Waals surface area contributed by atoms with Crippen LogP contribution in [-0.4, -0.2) is 53.0 Å². The van der Waals surface area contributed by atoms with E-state index < -0.39 is 5.60 Å². The number of rotatable bonds is 3. The second kappa shape index (κ2) is 6.36. The fraction of sp³-hybridized carbons (Fsp3) is 0.941. The van der Waals surface area contributed by atoms with Gasteiger partial charge in [0.25, 0.3) is 0 Å². The Labute approximate surface area is 134 Å². The van der Waals surface area contributed by atoms with Gasteiger partial charge in [-0.3, -0.25) is 0 Å². The second-order valence-electron chi connectivity index (χ2n) is 8.36. The molecule has 5 heteroatoms. The smallest absolute Gasteiger partial charge is 0.410 e. The van der Waals surface area contributed by atoms with Gasteiger partial charge in [-0.05, 0) is 46.5 Å². The van der Waals surface area contributed by atoms with E-state index in [-0.39, 0.29) is 23.7 Å². The minimum Gasteiger partial charge on any atom is -0.444 e. The summed E-state index contributed by atoms with van der Waals surface area (Å²) in [6, 6.07) is 0.516. The Kier molecular flexibility index (Phi) is 5.07. The van der Waals surface area contributed by atoms with Gasteiger partial charge in [-0.25, -0.2) is 4.79 Å². The summed E-state index contributed by atoms with van der Waals surface area (Å²) in [4.78, 5) is 14.2. The Morgan fingerprint density at radius 3 is 2.59 bits per heavy atom. The van der Waals surface area contributed by atoms with Crippen molar-refractivity contribution < 1.29 is 14.6 Å². The molecule has 1 aliphatic heterocycles. The lowest BCUT2D eigenvalue weighted by Crippen LogP contribution is -2.62. The highest BCUT2D eigenvalue weighted by molar-refractivity contribution is 5.68. The molecule has 0 aromatic carbocycles. The maximum atomic E-state index is 12.4. The molecule has 0 aromatic heterocycles. The Bertz CT molecular complexity index is 403. The van der Waals surface area contributed by atoms with Crippen LogP contribution in [-0.2, 0) is 4.74 Å². The first-order valence-corrected chi connectivity index (χ1v) is 8.52. The molecule has 2 N–H and O–H groups in total. The summed E-state index contributed by atoms with van der Waals surface area (Å²) < 4.78 is 5.53. The first kappa shape index (κ1) is 17.5. The zero-order valence-corrected chi connectivity index (χ0v) is 14.7. The quantitative estimate of drug-likeness (QED) is 0.840. The third kappa shape index (κ3) is 3.93. The molecule has 3 atom stereocenters. The van der Waals surface area contributed by atoms with Crippen molar-refractivity contribution in [3.63, 3.8) is 0 Å². The van der Waals surface area contributed by atoms with Crippen molar-refractivity contribution in [3.05, 3.63) is 0 Å². The van der Waals surface area contributed by atoms with Crippen molar-refractivity contribution in [1.29, 1.82) is 0 Å². The molecule has 0 aromatic rings. The van der Waals surface area contributed by atoms with Crippen LogP contribution in [0.4, 0.5) is 4.79 Å². The maximum absolute atomic E-state index is 12.4. The van der Waals surface area contributed by atoms with Crippen LogP contribution >= 0.6 is 0 Å². The zero-order valence-electron chi connectivity index (χ0n) is 14.7. The molecule has 128 valence electrons. The monoisotopic (exact) mass is 312 g/mol. The molecule has 5 nitrogen and oxygen atoms in total. The molecule has 1 aliphatic carbocycles. The number of likely N-dealkylation sites (tertiary alicyclic amines) is 1. The van der Waals surface area contributed by atoms with Gasteiger partial charge in [0, 0.05) is 30.6 Å². The summed E-state index contributed by atoms with van der Waals surface area (Å²) in [6.07, 6.45) is 3.59. The Hall–Kier alpha value is -0.810. The van der Waals surface area contributed by atoms with Crippen LogP contribution in [0.3, 0.4) is 0 Å². The van der Waals surface area contributed by atoms with Crippen LogP contribution in [0.25, 0.3) is 0 Å². The molecule has 2 rings (SSSR count). The second-order valence-corrected chi connectivity index (χ2v) is 8.36. The number of nitrogens with one attached hydrogen (secondary N) is 1. The number of ether oxygens (including phenoxy) is 1. The number of hydrogen-bond acceptors (Lipinski definition) is 4. The van der Waals surface area contributed by atoms with Gasteiger partial charge in [-0.1, -0.05) is 13.8 Å². The van der Waals surface area contributed by atoms with Crippen molar-refractivity contribution >= 4 is 6.09 Å². The molecular formula is C17H32N2O3. The Balaban J connectivity index is 1.89. The van der Waals surface area contributed by atoms with E-state index in [1.807, 2.05) is 25.7 Å². The average molecular weight is 312 g/mol. The van der Waals surface area contributed by atoms with Gasteiger partial charge in [-0.15, -0.1) is 0 Å². The van der Waals surface area contributed by atoms with Crippen molar-refractivity contribution in [1.82, 2.24) is 10.2 Å². The first-order chi connectivity index (χ1) is 10.1.